The Morgan fingerprint density at radius 3 is 2.32 bits per heavy atom. The molecule has 0 radical (unpaired) electrons. The fraction of sp³-hybridized carbons (Fsp3) is 0.467. The summed E-state index contributed by atoms with van der Waals surface area (Å²) >= 11 is 0. The first-order chi connectivity index (χ1) is 12.6. The van der Waals surface area contributed by atoms with E-state index in [0.717, 1.165) is 19.1 Å². The van der Waals surface area contributed by atoms with Crippen molar-refractivity contribution in [1.82, 2.24) is 0 Å². The van der Waals surface area contributed by atoms with Gasteiger partial charge in [-0.1, -0.05) is 0 Å². The Labute approximate surface area is 152 Å². The lowest BCUT2D eigenvalue weighted by Crippen LogP contribution is -2.48. The fourth-order valence-corrected chi connectivity index (χ4v) is 2.40. The first-order valence-corrected chi connectivity index (χ1v) is 7.41. The van der Waals surface area contributed by atoms with Gasteiger partial charge >= 0.3 is 18.3 Å². The third-order valence-electron chi connectivity index (χ3n) is 4.00. The number of anilines is 1. The number of nitrogens with zero attached hydrogens (tertiary/aromatic N) is 3. The largest absolute Gasteiger partial charge is 0.455 e. The highest BCUT2D eigenvalue weighted by Crippen LogP contribution is 2.45. The molecule has 13 heteroatoms. The number of amides is 1. The van der Waals surface area contributed by atoms with Crippen molar-refractivity contribution in [3.63, 3.8) is 0 Å². The minimum Gasteiger partial charge on any atom is -0.324 e. The molecule has 28 heavy (non-hydrogen) atoms. The van der Waals surface area contributed by atoms with E-state index in [2.05, 4.69) is 10.2 Å². The average molecular weight is 414 g/mol. The van der Waals surface area contributed by atoms with Gasteiger partial charge in [0.1, 0.15) is 6.04 Å². The SMILES string of the molecule is CC1(C(=O)Nc2ccc(C#N)c(C(F)(F)F)c2)CC(C(F)(F)C(F)(F)F)N=N1. The first kappa shape index (κ1) is 21.5. The number of carbonyl (C=O) groups excluding carboxylic acids is 1. The second-order valence-electron chi connectivity index (χ2n) is 6.15. The van der Waals surface area contributed by atoms with Crippen LogP contribution in [0.5, 0.6) is 0 Å². The zero-order chi connectivity index (χ0) is 21.5. The van der Waals surface area contributed by atoms with Crippen molar-refractivity contribution in [3.8, 4) is 6.07 Å². The summed E-state index contributed by atoms with van der Waals surface area (Å²) in [5.74, 6) is -6.46. The molecule has 0 aliphatic carbocycles. The smallest absolute Gasteiger partial charge is 0.324 e. The van der Waals surface area contributed by atoms with E-state index in [4.69, 9.17) is 5.26 Å². The zero-order valence-electron chi connectivity index (χ0n) is 13.8. The number of carbonyl (C=O) groups is 1. The summed E-state index contributed by atoms with van der Waals surface area (Å²) in [4.78, 5) is 12.2. The molecule has 1 amide bonds. The van der Waals surface area contributed by atoms with Crippen molar-refractivity contribution in [2.24, 2.45) is 10.2 Å². The lowest BCUT2D eigenvalue weighted by molar-refractivity contribution is -0.289. The van der Waals surface area contributed by atoms with E-state index in [9.17, 15) is 39.9 Å². The van der Waals surface area contributed by atoms with Crippen molar-refractivity contribution in [2.45, 2.75) is 43.2 Å². The number of azo groups is 1. The van der Waals surface area contributed by atoms with Crippen LogP contribution in [0.3, 0.4) is 0 Å². The highest BCUT2D eigenvalue weighted by molar-refractivity contribution is 5.98. The molecule has 2 rings (SSSR count). The minimum atomic E-state index is -5.91. The number of rotatable bonds is 3. The molecule has 2 atom stereocenters. The van der Waals surface area contributed by atoms with E-state index in [1.165, 1.54) is 6.07 Å². The van der Waals surface area contributed by atoms with Gasteiger partial charge in [-0.05, 0) is 25.1 Å². The van der Waals surface area contributed by atoms with Crippen molar-refractivity contribution < 1.29 is 39.9 Å². The second-order valence-corrected chi connectivity index (χ2v) is 6.15. The molecule has 0 bridgehead atoms. The lowest BCUT2D eigenvalue weighted by atomic mass is 9.91. The van der Waals surface area contributed by atoms with Crippen LogP contribution in [-0.2, 0) is 11.0 Å². The molecule has 1 heterocycles. The van der Waals surface area contributed by atoms with Gasteiger partial charge in [-0.2, -0.15) is 50.6 Å². The number of benzene rings is 1. The van der Waals surface area contributed by atoms with E-state index in [1.54, 1.807) is 0 Å². The van der Waals surface area contributed by atoms with Crippen LogP contribution < -0.4 is 5.32 Å². The summed E-state index contributed by atoms with van der Waals surface area (Å²) in [6.45, 7) is 0.923. The standard InChI is InChI=1S/C15H10F8N4O/c1-12(5-10(26-27-12)13(16,17)15(21,22)23)11(28)25-8-3-2-7(6-24)9(4-8)14(18,19)20/h2-4,10H,5H2,1H3,(H,25,28). The van der Waals surface area contributed by atoms with Gasteiger partial charge in [-0.25, -0.2) is 0 Å². The molecule has 1 aromatic rings. The van der Waals surface area contributed by atoms with E-state index < -0.39 is 59.0 Å². The summed E-state index contributed by atoms with van der Waals surface area (Å²) in [7, 11) is 0. The Bertz CT molecular complexity index is 855. The van der Waals surface area contributed by atoms with Gasteiger partial charge in [0.2, 0.25) is 0 Å². The maximum atomic E-state index is 13.4. The van der Waals surface area contributed by atoms with Crippen molar-refractivity contribution in [1.29, 1.82) is 5.26 Å². The topological polar surface area (TPSA) is 77.6 Å². The summed E-state index contributed by atoms with van der Waals surface area (Å²) in [6, 6.07) is 0.843. The van der Waals surface area contributed by atoms with Gasteiger partial charge in [0.05, 0.1) is 17.2 Å². The number of hydrogen-bond donors (Lipinski definition) is 1. The molecule has 2 unspecified atom stereocenters. The summed E-state index contributed by atoms with van der Waals surface area (Å²) in [5, 5.41) is 16.7. The molecular formula is C15H10F8N4O. The van der Waals surface area contributed by atoms with Crippen molar-refractivity contribution >= 4 is 11.6 Å². The maximum absolute atomic E-state index is 13.4. The number of nitrogens with one attached hydrogen (secondary N) is 1. The Morgan fingerprint density at radius 1 is 1.21 bits per heavy atom. The predicted octanol–water partition coefficient (Wildman–Crippen LogP) is 4.70. The van der Waals surface area contributed by atoms with Crippen LogP contribution in [0.4, 0.5) is 40.8 Å². The number of alkyl halides is 8. The van der Waals surface area contributed by atoms with Gasteiger partial charge in [0.25, 0.3) is 5.91 Å². The molecule has 152 valence electrons. The molecule has 1 N–H and O–H groups in total. The van der Waals surface area contributed by atoms with Gasteiger partial charge < -0.3 is 5.32 Å². The summed E-state index contributed by atoms with van der Waals surface area (Å²) in [6.07, 6.45) is -11.9. The van der Waals surface area contributed by atoms with Gasteiger partial charge in [0.15, 0.2) is 5.54 Å². The highest BCUT2D eigenvalue weighted by atomic mass is 19.4. The van der Waals surface area contributed by atoms with Crippen LogP contribution in [0.25, 0.3) is 0 Å². The maximum Gasteiger partial charge on any atom is 0.455 e. The fourth-order valence-electron chi connectivity index (χ4n) is 2.40. The van der Waals surface area contributed by atoms with Gasteiger partial charge in [-0.3, -0.25) is 4.79 Å². The van der Waals surface area contributed by atoms with Crippen LogP contribution in [0, 0.1) is 11.3 Å². The molecule has 5 nitrogen and oxygen atoms in total. The van der Waals surface area contributed by atoms with Crippen molar-refractivity contribution in [3.05, 3.63) is 29.3 Å². The molecule has 0 fully saturated rings. The Balaban J connectivity index is 2.23. The quantitative estimate of drug-likeness (QED) is 0.728. The first-order valence-electron chi connectivity index (χ1n) is 7.41. The van der Waals surface area contributed by atoms with Crippen LogP contribution >= 0.6 is 0 Å². The minimum absolute atomic E-state index is 0.438. The number of nitriles is 1. The van der Waals surface area contributed by atoms with E-state index in [0.29, 0.717) is 6.07 Å². The van der Waals surface area contributed by atoms with Gasteiger partial charge in [0, 0.05) is 12.1 Å². The third-order valence-corrected chi connectivity index (χ3v) is 4.00. The average Bonchev–Trinajstić information content (AvgIpc) is 2.97. The second kappa shape index (κ2) is 6.68. The molecule has 1 aromatic carbocycles. The molecule has 1 aliphatic rings. The Morgan fingerprint density at radius 2 is 1.82 bits per heavy atom. The highest BCUT2D eigenvalue weighted by Gasteiger charge is 2.65. The number of hydrogen-bond acceptors (Lipinski definition) is 4. The van der Waals surface area contributed by atoms with Crippen molar-refractivity contribution in [2.75, 3.05) is 5.32 Å². The van der Waals surface area contributed by atoms with Crippen LogP contribution in [0.1, 0.15) is 24.5 Å². The zero-order valence-corrected chi connectivity index (χ0v) is 13.8. The van der Waals surface area contributed by atoms with E-state index in [-0.39, 0.29) is 0 Å². The van der Waals surface area contributed by atoms with Gasteiger partial charge in [-0.15, -0.1) is 0 Å². The van der Waals surface area contributed by atoms with E-state index >= 15 is 0 Å². The molecule has 0 aromatic heterocycles. The molecule has 0 saturated carbocycles. The number of halogens is 8. The Kier molecular flexibility index (Phi) is 5.13. The molecular weight excluding hydrogens is 404 g/mol. The molecule has 1 aliphatic heterocycles. The molecule has 0 saturated heterocycles. The van der Waals surface area contributed by atoms with Crippen LogP contribution in [0.2, 0.25) is 0 Å². The third kappa shape index (κ3) is 3.90. The molecule has 0 spiro atoms. The monoisotopic (exact) mass is 414 g/mol. The summed E-state index contributed by atoms with van der Waals surface area (Å²) in [5.41, 5.74) is -4.67. The summed E-state index contributed by atoms with van der Waals surface area (Å²) < 4.78 is 103. The predicted molar refractivity (Wildman–Crippen MR) is 77.5 cm³/mol. The van der Waals surface area contributed by atoms with E-state index in [1.807, 2.05) is 5.32 Å². The Hall–Kier alpha value is -2.78. The van der Waals surface area contributed by atoms with Crippen LogP contribution in [-0.4, -0.2) is 29.6 Å². The van der Waals surface area contributed by atoms with Crippen LogP contribution in [0.15, 0.2) is 28.4 Å². The lowest BCUT2D eigenvalue weighted by Gasteiger charge is -2.25. The normalized spacial score (nSPS) is 22.8.